The Morgan fingerprint density at radius 3 is 2.76 bits per heavy atom. The van der Waals surface area contributed by atoms with Crippen LogP contribution >= 0.6 is 0 Å². The average Bonchev–Trinajstić information content (AvgIpc) is 3.10. The highest BCUT2D eigenvalue weighted by Gasteiger charge is 2.37. The summed E-state index contributed by atoms with van der Waals surface area (Å²) in [6, 6.07) is 7.87. The van der Waals surface area contributed by atoms with Gasteiger partial charge in [-0.05, 0) is 12.1 Å². The smallest absolute Gasteiger partial charge is 0.246 e. The molecule has 1 aromatic carbocycles. The van der Waals surface area contributed by atoms with Crippen LogP contribution in [-0.2, 0) is 16.1 Å². The van der Waals surface area contributed by atoms with Gasteiger partial charge in [0.2, 0.25) is 5.91 Å². The number of morpholine rings is 1. The second-order valence-electron chi connectivity index (χ2n) is 5.49. The maximum atomic E-state index is 12.4. The van der Waals surface area contributed by atoms with Gasteiger partial charge < -0.3 is 15.0 Å². The summed E-state index contributed by atoms with van der Waals surface area (Å²) in [7, 11) is 0. The summed E-state index contributed by atoms with van der Waals surface area (Å²) >= 11 is 0. The minimum Gasteiger partial charge on any atom is -0.373 e. The van der Waals surface area contributed by atoms with Crippen LogP contribution in [0.3, 0.4) is 0 Å². The zero-order valence-corrected chi connectivity index (χ0v) is 11.6. The number of nitrogens with one attached hydrogen (secondary N) is 1. The van der Waals surface area contributed by atoms with Crippen molar-refractivity contribution in [3.05, 3.63) is 24.3 Å². The van der Waals surface area contributed by atoms with E-state index in [2.05, 4.69) is 15.5 Å². The fraction of sp³-hybridized carbons (Fsp3) is 0.500. The van der Waals surface area contributed by atoms with Gasteiger partial charge in [-0.3, -0.25) is 4.79 Å². The van der Waals surface area contributed by atoms with Crippen LogP contribution in [0, 0.1) is 0 Å². The van der Waals surface area contributed by atoms with Crippen LogP contribution < -0.4 is 5.32 Å². The van der Waals surface area contributed by atoms with E-state index in [4.69, 9.17) is 4.74 Å². The van der Waals surface area contributed by atoms with Gasteiger partial charge in [-0.2, -0.15) is 15.0 Å². The number of carbonyl (C=O) groups is 1. The van der Waals surface area contributed by atoms with Crippen molar-refractivity contribution in [1.29, 1.82) is 0 Å². The topological polar surface area (TPSA) is 72.3 Å². The largest absolute Gasteiger partial charge is 0.373 e. The number of nitrogens with zero attached hydrogens (tertiary/aromatic N) is 4. The molecule has 2 atom stereocenters. The maximum absolute atomic E-state index is 12.4. The Hall–Kier alpha value is -1.99. The quantitative estimate of drug-likeness (QED) is 0.816. The van der Waals surface area contributed by atoms with E-state index in [1.165, 1.54) is 4.80 Å². The van der Waals surface area contributed by atoms with E-state index >= 15 is 0 Å². The molecule has 1 amide bonds. The number of benzene rings is 1. The van der Waals surface area contributed by atoms with E-state index in [-0.39, 0.29) is 24.6 Å². The van der Waals surface area contributed by atoms with Gasteiger partial charge in [0.05, 0.1) is 18.8 Å². The molecule has 0 saturated carbocycles. The van der Waals surface area contributed by atoms with E-state index in [9.17, 15) is 4.79 Å². The first-order chi connectivity index (χ1) is 10.3. The van der Waals surface area contributed by atoms with Gasteiger partial charge in [0.25, 0.3) is 0 Å². The Morgan fingerprint density at radius 1 is 1.29 bits per heavy atom. The van der Waals surface area contributed by atoms with Gasteiger partial charge in [0, 0.05) is 19.6 Å². The fourth-order valence-corrected chi connectivity index (χ4v) is 2.99. The molecule has 0 spiro atoms. The monoisotopic (exact) mass is 287 g/mol. The number of aromatic nitrogens is 3. The minimum absolute atomic E-state index is 0.0371. The standard InChI is InChI=1S/C14H17N5O2/c20-14(18-7-12-13(8-18)21-6-5-15-12)9-19-16-10-3-1-2-4-11(10)17-19/h1-4,12-13,15H,5-9H2. The van der Waals surface area contributed by atoms with Crippen molar-refractivity contribution < 1.29 is 9.53 Å². The molecule has 7 heteroatoms. The summed E-state index contributed by atoms with van der Waals surface area (Å²) in [5, 5.41) is 12.0. The Morgan fingerprint density at radius 2 is 2.05 bits per heavy atom. The van der Waals surface area contributed by atoms with Crippen molar-refractivity contribution in [2.24, 2.45) is 0 Å². The highest BCUT2D eigenvalue weighted by atomic mass is 16.5. The lowest BCUT2D eigenvalue weighted by Crippen LogP contribution is -2.47. The first-order valence-electron chi connectivity index (χ1n) is 7.22. The highest BCUT2D eigenvalue weighted by Crippen LogP contribution is 2.17. The third-order valence-corrected chi connectivity index (χ3v) is 4.06. The summed E-state index contributed by atoms with van der Waals surface area (Å²) in [4.78, 5) is 15.7. The number of carbonyl (C=O) groups excluding carboxylic acids is 1. The zero-order chi connectivity index (χ0) is 14.2. The third kappa shape index (κ3) is 2.38. The van der Waals surface area contributed by atoms with Crippen LogP contribution in [0.25, 0.3) is 11.0 Å². The van der Waals surface area contributed by atoms with Crippen molar-refractivity contribution >= 4 is 16.9 Å². The van der Waals surface area contributed by atoms with E-state index in [0.717, 1.165) is 24.2 Å². The predicted octanol–water partition coefficient (Wildman–Crippen LogP) is -0.369. The summed E-state index contributed by atoms with van der Waals surface area (Å²) in [6.45, 7) is 3.10. The van der Waals surface area contributed by atoms with Gasteiger partial charge in [-0.1, -0.05) is 12.1 Å². The molecule has 7 nitrogen and oxygen atoms in total. The molecule has 2 unspecified atom stereocenters. The SMILES string of the molecule is O=C(Cn1nc2ccccc2n1)N1CC2NCCOC2C1. The van der Waals surface area contributed by atoms with Crippen molar-refractivity contribution in [1.82, 2.24) is 25.2 Å². The predicted molar refractivity (Wildman–Crippen MR) is 75.6 cm³/mol. The lowest BCUT2D eigenvalue weighted by molar-refractivity contribution is -0.131. The molecule has 2 saturated heterocycles. The molecule has 2 aliphatic heterocycles. The normalized spacial score (nSPS) is 25.2. The Bertz CT molecular complexity index is 623. The molecule has 0 aliphatic carbocycles. The first kappa shape index (κ1) is 12.7. The number of ether oxygens (including phenoxy) is 1. The minimum atomic E-state index is 0.0371. The molecule has 4 rings (SSSR count). The maximum Gasteiger partial charge on any atom is 0.246 e. The Labute approximate surface area is 121 Å². The van der Waals surface area contributed by atoms with E-state index in [0.29, 0.717) is 13.1 Å². The summed E-state index contributed by atoms with van der Waals surface area (Å²) < 4.78 is 5.69. The zero-order valence-electron chi connectivity index (χ0n) is 11.6. The molecule has 110 valence electrons. The number of hydrogen-bond donors (Lipinski definition) is 1. The molecular formula is C14H17N5O2. The number of fused-ring (bicyclic) bond motifs is 2. The lowest BCUT2D eigenvalue weighted by Gasteiger charge is -2.25. The molecule has 2 fully saturated rings. The second kappa shape index (κ2) is 5.09. The van der Waals surface area contributed by atoms with E-state index < -0.39 is 0 Å². The molecule has 3 heterocycles. The van der Waals surface area contributed by atoms with Crippen molar-refractivity contribution in [2.45, 2.75) is 18.7 Å². The van der Waals surface area contributed by atoms with Crippen LogP contribution in [0.2, 0.25) is 0 Å². The Balaban J connectivity index is 1.46. The van der Waals surface area contributed by atoms with Crippen molar-refractivity contribution in [2.75, 3.05) is 26.2 Å². The van der Waals surface area contributed by atoms with Gasteiger partial charge in [0.15, 0.2) is 0 Å². The van der Waals surface area contributed by atoms with Crippen LogP contribution in [0.4, 0.5) is 0 Å². The fourth-order valence-electron chi connectivity index (χ4n) is 2.99. The average molecular weight is 287 g/mol. The molecule has 2 aromatic rings. The van der Waals surface area contributed by atoms with E-state index in [1.54, 1.807) is 0 Å². The van der Waals surface area contributed by atoms with Crippen molar-refractivity contribution in [3.63, 3.8) is 0 Å². The molecule has 21 heavy (non-hydrogen) atoms. The lowest BCUT2D eigenvalue weighted by atomic mass is 10.2. The van der Waals surface area contributed by atoms with Crippen LogP contribution in [-0.4, -0.2) is 64.2 Å². The summed E-state index contributed by atoms with van der Waals surface area (Å²) in [6.07, 6.45) is 0.118. The molecule has 1 aromatic heterocycles. The van der Waals surface area contributed by atoms with Gasteiger partial charge >= 0.3 is 0 Å². The second-order valence-corrected chi connectivity index (χ2v) is 5.49. The number of hydrogen-bond acceptors (Lipinski definition) is 5. The summed E-state index contributed by atoms with van der Waals surface area (Å²) in [5.41, 5.74) is 1.62. The van der Waals surface area contributed by atoms with Crippen LogP contribution in [0.5, 0.6) is 0 Å². The Kier molecular flexibility index (Phi) is 3.08. The van der Waals surface area contributed by atoms with Gasteiger partial charge in [-0.25, -0.2) is 0 Å². The van der Waals surface area contributed by atoms with Gasteiger partial charge in [-0.15, -0.1) is 0 Å². The highest BCUT2D eigenvalue weighted by molar-refractivity contribution is 5.77. The van der Waals surface area contributed by atoms with E-state index in [1.807, 2.05) is 29.2 Å². The molecular weight excluding hydrogens is 270 g/mol. The van der Waals surface area contributed by atoms with Crippen molar-refractivity contribution in [3.8, 4) is 0 Å². The number of amides is 1. The van der Waals surface area contributed by atoms with Crippen LogP contribution in [0.1, 0.15) is 0 Å². The number of likely N-dealkylation sites (tertiary alicyclic amines) is 1. The molecule has 1 N–H and O–H groups in total. The van der Waals surface area contributed by atoms with Crippen LogP contribution in [0.15, 0.2) is 24.3 Å². The third-order valence-electron chi connectivity index (χ3n) is 4.06. The number of rotatable bonds is 2. The molecule has 2 aliphatic rings. The molecule has 0 radical (unpaired) electrons. The van der Waals surface area contributed by atoms with Gasteiger partial charge in [0.1, 0.15) is 17.6 Å². The first-order valence-corrected chi connectivity index (χ1v) is 7.22. The summed E-state index contributed by atoms with van der Waals surface area (Å²) in [5.74, 6) is 0.0371. The molecule has 0 bridgehead atoms.